The molecule has 3 heterocycles. The van der Waals surface area contributed by atoms with Crippen LogP contribution < -0.4 is 4.90 Å². The predicted molar refractivity (Wildman–Crippen MR) is 114 cm³/mol. The number of halogens is 2. The highest BCUT2D eigenvalue weighted by molar-refractivity contribution is 9.10. The fraction of sp³-hybridized carbons (Fsp3) is 0.278. The summed E-state index contributed by atoms with van der Waals surface area (Å²) < 4.78 is 6.87. The molecule has 0 fully saturated rings. The smallest absolute Gasteiger partial charge is 0.415 e. The first-order chi connectivity index (χ1) is 12.7. The molecular formula is C18H16BrClN2O3S2. The summed E-state index contributed by atoms with van der Waals surface area (Å²) in [6.45, 7) is 5.77. The van der Waals surface area contributed by atoms with E-state index in [4.69, 9.17) is 16.3 Å². The van der Waals surface area contributed by atoms with E-state index in [1.54, 1.807) is 17.4 Å². The van der Waals surface area contributed by atoms with Gasteiger partial charge in [-0.2, -0.15) is 0 Å². The number of amides is 1. The van der Waals surface area contributed by atoms with Crippen molar-refractivity contribution in [2.24, 2.45) is 0 Å². The van der Waals surface area contributed by atoms with Gasteiger partial charge in [-0.1, -0.05) is 17.7 Å². The van der Waals surface area contributed by atoms with Gasteiger partial charge < -0.3 is 4.74 Å². The summed E-state index contributed by atoms with van der Waals surface area (Å²) in [5, 5.41) is 2.18. The van der Waals surface area contributed by atoms with Crippen LogP contribution in [0.5, 0.6) is 0 Å². The maximum atomic E-state index is 13.0. The summed E-state index contributed by atoms with van der Waals surface area (Å²) in [5.74, 6) is 0. The van der Waals surface area contributed by atoms with Gasteiger partial charge in [0.1, 0.15) is 10.8 Å². The third-order valence-corrected chi connectivity index (χ3v) is 6.71. The van der Waals surface area contributed by atoms with E-state index in [9.17, 15) is 9.59 Å². The third-order valence-electron chi connectivity index (χ3n) is 3.46. The first kappa shape index (κ1) is 20.3. The van der Waals surface area contributed by atoms with Crippen molar-refractivity contribution in [3.05, 3.63) is 43.0 Å². The van der Waals surface area contributed by atoms with Crippen molar-refractivity contribution in [2.75, 3.05) is 4.90 Å². The second kappa shape index (κ2) is 7.87. The minimum atomic E-state index is -0.648. The van der Waals surface area contributed by atoms with Crippen molar-refractivity contribution in [3.8, 4) is 0 Å². The second-order valence-electron chi connectivity index (χ2n) is 6.69. The minimum absolute atomic E-state index is 0.230. The molecule has 0 saturated carbocycles. The molecular weight excluding hydrogens is 472 g/mol. The average molecular weight is 488 g/mol. The lowest BCUT2D eigenvalue weighted by molar-refractivity contribution is 0.0578. The Morgan fingerprint density at radius 3 is 2.78 bits per heavy atom. The van der Waals surface area contributed by atoms with E-state index in [0.29, 0.717) is 31.8 Å². The summed E-state index contributed by atoms with van der Waals surface area (Å²) in [6, 6.07) is 5.50. The fourth-order valence-electron chi connectivity index (χ4n) is 2.41. The van der Waals surface area contributed by atoms with Crippen LogP contribution in [0.1, 0.15) is 35.3 Å². The number of aromatic nitrogens is 1. The van der Waals surface area contributed by atoms with E-state index in [0.717, 1.165) is 11.2 Å². The fourth-order valence-corrected chi connectivity index (χ4v) is 5.02. The van der Waals surface area contributed by atoms with Crippen LogP contribution in [0.15, 0.2) is 28.1 Å². The van der Waals surface area contributed by atoms with Gasteiger partial charge in [0.2, 0.25) is 0 Å². The van der Waals surface area contributed by atoms with Crippen molar-refractivity contribution >= 4 is 78.5 Å². The molecule has 0 N–H and O–H groups in total. The van der Waals surface area contributed by atoms with Crippen LogP contribution in [-0.2, 0) is 11.3 Å². The van der Waals surface area contributed by atoms with E-state index in [1.165, 1.54) is 16.2 Å². The average Bonchev–Trinajstić information content (AvgIpc) is 3.19. The summed E-state index contributed by atoms with van der Waals surface area (Å²) in [4.78, 5) is 31.7. The number of hydrogen-bond donors (Lipinski definition) is 0. The molecule has 142 valence electrons. The van der Waals surface area contributed by atoms with E-state index in [-0.39, 0.29) is 5.15 Å². The SMILES string of the molecule is CC(C)(C)OC(=O)N(Cc1cccs1)c1cc(Cl)nc2c(Br)c(C=O)sc12. The van der Waals surface area contributed by atoms with Crippen LogP contribution >= 0.6 is 50.2 Å². The summed E-state index contributed by atoms with van der Waals surface area (Å²) in [5.41, 5.74) is 0.459. The van der Waals surface area contributed by atoms with E-state index in [1.807, 2.05) is 38.3 Å². The van der Waals surface area contributed by atoms with E-state index < -0.39 is 11.7 Å². The molecule has 5 nitrogen and oxygen atoms in total. The normalized spacial score (nSPS) is 11.6. The van der Waals surface area contributed by atoms with Crippen molar-refractivity contribution in [1.82, 2.24) is 4.98 Å². The number of carbonyl (C=O) groups excluding carboxylic acids is 2. The number of fused-ring (bicyclic) bond motifs is 1. The molecule has 0 radical (unpaired) electrons. The van der Waals surface area contributed by atoms with Crippen molar-refractivity contribution in [1.29, 1.82) is 0 Å². The Hall–Kier alpha value is -1.48. The summed E-state index contributed by atoms with van der Waals surface area (Å²) >= 11 is 12.4. The number of hydrogen-bond acceptors (Lipinski definition) is 6. The number of rotatable bonds is 4. The van der Waals surface area contributed by atoms with Gasteiger partial charge in [0.05, 0.1) is 31.8 Å². The third kappa shape index (κ3) is 4.51. The molecule has 0 aliphatic heterocycles. The van der Waals surface area contributed by atoms with Crippen molar-refractivity contribution in [3.63, 3.8) is 0 Å². The van der Waals surface area contributed by atoms with Gasteiger partial charge in [-0.25, -0.2) is 9.78 Å². The zero-order valence-corrected chi connectivity index (χ0v) is 18.8. The molecule has 0 aliphatic rings. The van der Waals surface area contributed by atoms with Crippen LogP contribution in [-0.4, -0.2) is 23.0 Å². The van der Waals surface area contributed by atoms with Crippen LogP contribution in [0.2, 0.25) is 5.15 Å². The monoisotopic (exact) mass is 486 g/mol. The lowest BCUT2D eigenvalue weighted by Gasteiger charge is -2.27. The number of nitrogens with zero attached hydrogens (tertiary/aromatic N) is 2. The highest BCUT2D eigenvalue weighted by atomic mass is 79.9. The van der Waals surface area contributed by atoms with Crippen molar-refractivity contribution in [2.45, 2.75) is 32.9 Å². The van der Waals surface area contributed by atoms with Crippen molar-refractivity contribution < 1.29 is 14.3 Å². The molecule has 0 aliphatic carbocycles. The zero-order valence-electron chi connectivity index (χ0n) is 14.8. The van der Waals surface area contributed by atoms with Gasteiger partial charge in [-0.15, -0.1) is 22.7 Å². The summed E-state index contributed by atoms with van der Waals surface area (Å²) in [6.07, 6.45) is 0.266. The summed E-state index contributed by atoms with van der Waals surface area (Å²) in [7, 11) is 0. The quantitative estimate of drug-likeness (QED) is 0.310. The zero-order chi connectivity index (χ0) is 19.8. The highest BCUT2D eigenvalue weighted by Crippen LogP contribution is 2.41. The highest BCUT2D eigenvalue weighted by Gasteiger charge is 2.27. The van der Waals surface area contributed by atoms with Crippen LogP contribution in [0.3, 0.4) is 0 Å². The van der Waals surface area contributed by atoms with Crippen LogP contribution in [0.4, 0.5) is 10.5 Å². The molecule has 0 bridgehead atoms. The molecule has 0 spiro atoms. The number of aldehydes is 1. The number of carbonyl (C=O) groups is 2. The van der Waals surface area contributed by atoms with Crippen LogP contribution in [0.25, 0.3) is 10.2 Å². The van der Waals surface area contributed by atoms with Gasteiger partial charge in [0.15, 0.2) is 6.29 Å². The Kier molecular flexibility index (Phi) is 5.90. The Morgan fingerprint density at radius 2 is 2.19 bits per heavy atom. The lowest BCUT2D eigenvalue weighted by atomic mass is 10.2. The molecule has 3 aromatic rings. The first-order valence-corrected chi connectivity index (χ1v) is 10.8. The number of pyridine rings is 1. The molecule has 0 aromatic carbocycles. The second-order valence-corrected chi connectivity index (χ2v) is 9.95. The maximum Gasteiger partial charge on any atom is 0.415 e. The van der Waals surface area contributed by atoms with Gasteiger partial charge in [0, 0.05) is 10.9 Å². The molecule has 3 rings (SSSR count). The number of anilines is 1. The largest absolute Gasteiger partial charge is 0.443 e. The number of ether oxygens (including phenoxy) is 1. The molecule has 27 heavy (non-hydrogen) atoms. The molecule has 9 heteroatoms. The Labute approximate surface area is 178 Å². The first-order valence-electron chi connectivity index (χ1n) is 7.96. The topological polar surface area (TPSA) is 59.5 Å². The molecule has 0 saturated heterocycles. The van der Waals surface area contributed by atoms with E-state index >= 15 is 0 Å². The molecule has 3 aromatic heterocycles. The molecule has 0 atom stereocenters. The molecule has 0 unspecified atom stereocenters. The predicted octanol–water partition coefficient (Wildman–Crippen LogP) is 6.53. The van der Waals surface area contributed by atoms with Gasteiger partial charge in [-0.05, 0) is 48.1 Å². The number of thiophene rings is 2. The Bertz CT molecular complexity index is 996. The van der Waals surface area contributed by atoms with E-state index in [2.05, 4.69) is 20.9 Å². The standard InChI is InChI=1S/C18H16BrClN2O3S2/c1-18(2,3)25-17(24)22(8-10-5-4-6-26-10)11-7-13(20)21-15-14(19)12(9-23)27-16(11)15/h4-7,9H,8H2,1-3H3. The maximum absolute atomic E-state index is 13.0. The Balaban J connectivity index is 2.16. The Morgan fingerprint density at radius 1 is 1.44 bits per heavy atom. The minimum Gasteiger partial charge on any atom is -0.443 e. The van der Waals surface area contributed by atoms with Gasteiger partial charge in [-0.3, -0.25) is 9.69 Å². The molecule has 1 amide bonds. The van der Waals surface area contributed by atoms with Gasteiger partial charge in [0.25, 0.3) is 0 Å². The van der Waals surface area contributed by atoms with Gasteiger partial charge >= 0.3 is 6.09 Å². The lowest BCUT2D eigenvalue weighted by Crippen LogP contribution is -2.36. The van der Waals surface area contributed by atoms with Crippen LogP contribution in [0, 0.1) is 0 Å².